The predicted octanol–water partition coefficient (Wildman–Crippen LogP) is 3.07. The van der Waals surface area contributed by atoms with Gasteiger partial charge >= 0.3 is 0 Å². The fourth-order valence-corrected chi connectivity index (χ4v) is 2.80. The highest BCUT2D eigenvalue weighted by molar-refractivity contribution is 14.1. The summed E-state index contributed by atoms with van der Waals surface area (Å²) in [6.45, 7) is 0. The van der Waals surface area contributed by atoms with Gasteiger partial charge in [0.15, 0.2) is 5.82 Å². The summed E-state index contributed by atoms with van der Waals surface area (Å²) in [7, 11) is 3.79. The lowest BCUT2D eigenvalue weighted by molar-refractivity contribution is 0.102. The number of carbonyl (C=O) groups is 1. The molecule has 0 spiro atoms. The summed E-state index contributed by atoms with van der Waals surface area (Å²) in [5.41, 5.74) is 1.40. The maximum atomic E-state index is 12.0. The zero-order valence-electron chi connectivity index (χ0n) is 9.98. The van der Waals surface area contributed by atoms with Crippen LogP contribution in [0.1, 0.15) is 10.4 Å². The van der Waals surface area contributed by atoms with Crippen LogP contribution in [0, 0.1) is 2.88 Å². The SMILES string of the molecule is CN(C)c1ncccc1NC(=O)c1csc(I)c1. The van der Waals surface area contributed by atoms with Crippen molar-refractivity contribution in [1.29, 1.82) is 0 Å². The molecule has 2 aromatic heterocycles. The van der Waals surface area contributed by atoms with Crippen LogP contribution in [0.25, 0.3) is 0 Å². The molecule has 0 saturated heterocycles. The van der Waals surface area contributed by atoms with Gasteiger partial charge in [-0.2, -0.15) is 0 Å². The van der Waals surface area contributed by atoms with Crippen molar-refractivity contribution in [2.24, 2.45) is 0 Å². The Labute approximate surface area is 123 Å². The van der Waals surface area contributed by atoms with Crippen LogP contribution in [0.15, 0.2) is 29.8 Å². The topological polar surface area (TPSA) is 45.2 Å². The lowest BCUT2D eigenvalue weighted by Crippen LogP contribution is -2.17. The van der Waals surface area contributed by atoms with E-state index in [0.29, 0.717) is 11.3 Å². The van der Waals surface area contributed by atoms with Gasteiger partial charge < -0.3 is 10.2 Å². The van der Waals surface area contributed by atoms with Crippen LogP contribution in [-0.4, -0.2) is 25.0 Å². The quantitative estimate of drug-likeness (QED) is 0.842. The molecule has 18 heavy (non-hydrogen) atoms. The molecule has 0 fully saturated rings. The number of rotatable bonds is 3. The zero-order chi connectivity index (χ0) is 13.1. The summed E-state index contributed by atoms with van der Waals surface area (Å²) in [5, 5.41) is 4.73. The maximum Gasteiger partial charge on any atom is 0.256 e. The van der Waals surface area contributed by atoms with Gasteiger partial charge in [0, 0.05) is 25.7 Å². The highest BCUT2D eigenvalue weighted by atomic mass is 127. The first-order valence-corrected chi connectivity index (χ1v) is 7.21. The van der Waals surface area contributed by atoms with Crippen LogP contribution in [0.3, 0.4) is 0 Å². The monoisotopic (exact) mass is 373 g/mol. The van der Waals surface area contributed by atoms with E-state index < -0.39 is 0 Å². The van der Waals surface area contributed by atoms with Crippen LogP contribution >= 0.6 is 33.9 Å². The van der Waals surface area contributed by atoms with Gasteiger partial charge in [0.2, 0.25) is 0 Å². The molecule has 0 aromatic carbocycles. The van der Waals surface area contributed by atoms with E-state index in [1.54, 1.807) is 23.6 Å². The van der Waals surface area contributed by atoms with Crippen molar-refractivity contribution in [1.82, 2.24) is 4.98 Å². The molecule has 2 rings (SSSR count). The molecule has 1 amide bonds. The van der Waals surface area contributed by atoms with Crippen LogP contribution in [0.2, 0.25) is 0 Å². The van der Waals surface area contributed by atoms with Crippen molar-refractivity contribution in [2.45, 2.75) is 0 Å². The second kappa shape index (κ2) is 5.66. The lowest BCUT2D eigenvalue weighted by atomic mass is 10.3. The van der Waals surface area contributed by atoms with Crippen molar-refractivity contribution >= 4 is 51.3 Å². The van der Waals surface area contributed by atoms with Gasteiger partial charge in [-0.25, -0.2) is 4.98 Å². The molecular weight excluding hydrogens is 361 g/mol. The number of hydrogen-bond donors (Lipinski definition) is 1. The van der Waals surface area contributed by atoms with E-state index >= 15 is 0 Å². The molecule has 0 bridgehead atoms. The number of thiophene rings is 1. The average Bonchev–Trinajstić information content (AvgIpc) is 2.76. The third-order valence-corrected chi connectivity index (χ3v) is 4.08. The van der Waals surface area contributed by atoms with Gasteiger partial charge in [-0.1, -0.05) is 0 Å². The second-order valence-corrected chi connectivity index (χ2v) is 6.67. The molecule has 0 atom stereocenters. The van der Waals surface area contributed by atoms with Crippen LogP contribution < -0.4 is 10.2 Å². The van der Waals surface area contributed by atoms with Crippen molar-refractivity contribution in [3.05, 3.63) is 38.2 Å². The number of pyridine rings is 1. The van der Waals surface area contributed by atoms with Crippen LogP contribution in [0.4, 0.5) is 11.5 Å². The summed E-state index contributed by atoms with van der Waals surface area (Å²) < 4.78 is 1.09. The molecule has 0 radical (unpaired) electrons. The van der Waals surface area contributed by atoms with Crippen molar-refractivity contribution < 1.29 is 4.79 Å². The third kappa shape index (κ3) is 2.99. The largest absolute Gasteiger partial charge is 0.361 e. The molecule has 2 aromatic rings. The van der Waals surface area contributed by atoms with Crippen LogP contribution in [0.5, 0.6) is 0 Å². The highest BCUT2D eigenvalue weighted by Crippen LogP contribution is 2.22. The molecule has 0 aliphatic rings. The Morgan fingerprint density at radius 2 is 2.28 bits per heavy atom. The molecular formula is C12H12IN3OS. The highest BCUT2D eigenvalue weighted by Gasteiger charge is 2.12. The maximum absolute atomic E-state index is 12.0. The lowest BCUT2D eigenvalue weighted by Gasteiger charge is -2.15. The van der Waals surface area contributed by atoms with Gasteiger partial charge in [0.25, 0.3) is 5.91 Å². The minimum absolute atomic E-state index is 0.106. The summed E-state index contributed by atoms with van der Waals surface area (Å²) >= 11 is 3.75. The summed E-state index contributed by atoms with van der Waals surface area (Å²) in [6.07, 6.45) is 1.71. The Morgan fingerprint density at radius 1 is 1.50 bits per heavy atom. The predicted molar refractivity (Wildman–Crippen MR) is 83.6 cm³/mol. The normalized spacial score (nSPS) is 10.2. The number of nitrogens with one attached hydrogen (secondary N) is 1. The Bertz CT molecular complexity index is 568. The van der Waals surface area contributed by atoms with Gasteiger partial charge in [0.05, 0.1) is 14.1 Å². The molecule has 0 saturated carbocycles. The van der Waals surface area contributed by atoms with Crippen molar-refractivity contribution in [3.8, 4) is 0 Å². The Hall–Kier alpha value is -1.15. The van der Waals surface area contributed by atoms with E-state index in [2.05, 4.69) is 32.9 Å². The molecule has 0 unspecified atom stereocenters. The number of hydrogen-bond acceptors (Lipinski definition) is 4. The average molecular weight is 373 g/mol. The standard InChI is InChI=1S/C12H12IN3OS/c1-16(2)11-9(4-3-5-14-11)15-12(17)8-6-10(13)18-7-8/h3-7H,1-2H3,(H,15,17). The Morgan fingerprint density at radius 3 is 2.89 bits per heavy atom. The van der Waals surface area contributed by atoms with E-state index in [0.717, 1.165) is 8.70 Å². The number of carbonyl (C=O) groups excluding carboxylic acids is 1. The number of aromatic nitrogens is 1. The van der Waals surface area contributed by atoms with Gasteiger partial charge in [-0.3, -0.25) is 4.79 Å². The summed E-state index contributed by atoms with van der Waals surface area (Å²) in [6, 6.07) is 5.52. The minimum atomic E-state index is -0.106. The van der Waals surface area contributed by atoms with Gasteiger partial charge in [0.1, 0.15) is 0 Å². The Balaban J connectivity index is 2.22. The summed E-state index contributed by atoms with van der Waals surface area (Å²) in [4.78, 5) is 18.2. The fourth-order valence-electron chi connectivity index (χ4n) is 1.47. The summed E-state index contributed by atoms with van der Waals surface area (Å²) in [5.74, 6) is 0.640. The fraction of sp³-hybridized carbons (Fsp3) is 0.167. The molecule has 4 nitrogen and oxygen atoms in total. The molecule has 1 N–H and O–H groups in total. The van der Waals surface area contributed by atoms with E-state index in [1.165, 1.54) is 0 Å². The molecule has 2 heterocycles. The first-order chi connectivity index (χ1) is 8.58. The first-order valence-electron chi connectivity index (χ1n) is 5.25. The van der Waals surface area contributed by atoms with Crippen molar-refractivity contribution in [3.63, 3.8) is 0 Å². The zero-order valence-corrected chi connectivity index (χ0v) is 12.9. The Kier molecular flexibility index (Phi) is 4.18. The molecule has 0 aliphatic carbocycles. The smallest absolute Gasteiger partial charge is 0.256 e. The van der Waals surface area contributed by atoms with Gasteiger partial charge in [-0.15, -0.1) is 11.3 Å². The third-order valence-electron chi connectivity index (χ3n) is 2.29. The number of anilines is 2. The van der Waals surface area contributed by atoms with E-state index in [4.69, 9.17) is 0 Å². The molecule has 94 valence electrons. The van der Waals surface area contributed by atoms with Gasteiger partial charge in [-0.05, 0) is 40.8 Å². The molecule has 6 heteroatoms. The van der Waals surface area contributed by atoms with Crippen molar-refractivity contribution in [2.75, 3.05) is 24.3 Å². The van der Waals surface area contributed by atoms with Crippen LogP contribution in [-0.2, 0) is 0 Å². The second-order valence-electron chi connectivity index (χ2n) is 3.86. The number of halogens is 1. The van der Waals surface area contributed by atoms with E-state index in [9.17, 15) is 4.79 Å². The molecule has 0 aliphatic heterocycles. The van der Waals surface area contributed by atoms with E-state index in [1.807, 2.05) is 36.5 Å². The number of amides is 1. The first kappa shape index (κ1) is 13.3. The number of nitrogens with zero attached hydrogens (tertiary/aromatic N) is 2. The van der Waals surface area contributed by atoms with E-state index in [-0.39, 0.29) is 5.91 Å². The minimum Gasteiger partial charge on any atom is -0.361 e.